The Balaban J connectivity index is 1.11. The molecular weight excluding hydrogens is 506 g/mol. The number of nitrogens with two attached hydrogens (primary N) is 1. The first-order valence-electron chi connectivity index (χ1n) is 12.0. The van der Waals surface area contributed by atoms with Crippen LogP contribution in [0.15, 0.2) is 71.1 Å². The molecule has 0 unspecified atom stereocenters. The molecule has 5 heterocycles. The summed E-state index contributed by atoms with van der Waals surface area (Å²) in [6.45, 7) is 1.61. The van der Waals surface area contributed by atoms with Crippen molar-refractivity contribution in [1.82, 2.24) is 24.7 Å². The molecule has 6 rings (SSSR count). The largest absolute Gasteiger partial charge is 0.485 e. The lowest BCUT2D eigenvalue weighted by Crippen LogP contribution is -2.51. The van der Waals surface area contributed by atoms with Gasteiger partial charge in [0.25, 0.3) is 0 Å². The van der Waals surface area contributed by atoms with E-state index in [4.69, 9.17) is 22.1 Å². The monoisotopic (exact) mass is 529 g/mol. The predicted octanol–water partition coefficient (Wildman–Crippen LogP) is 4.24. The van der Waals surface area contributed by atoms with Gasteiger partial charge < -0.3 is 15.4 Å². The summed E-state index contributed by atoms with van der Waals surface area (Å²) < 4.78 is 8.06. The van der Waals surface area contributed by atoms with Crippen LogP contribution in [0.1, 0.15) is 35.8 Å². The Morgan fingerprint density at radius 3 is 2.65 bits per heavy atom. The summed E-state index contributed by atoms with van der Waals surface area (Å²) >= 11 is 8.03. The van der Waals surface area contributed by atoms with Gasteiger partial charge in [-0.15, -0.1) is 0 Å². The second kappa shape index (κ2) is 9.71. The van der Waals surface area contributed by atoms with Crippen molar-refractivity contribution in [2.75, 3.05) is 18.0 Å². The van der Waals surface area contributed by atoms with E-state index in [-0.39, 0.29) is 11.6 Å². The summed E-state index contributed by atoms with van der Waals surface area (Å²) in [5.41, 5.74) is 8.51. The Labute approximate surface area is 224 Å². The van der Waals surface area contributed by atoms with Crippen molar-refractivity contribution in [3.8, 4) is 17.6 Å². The minimum atomic E-state index is -0.349. The number of nitrogens with zero attached hydrogens (tertiary/aromatic N) is 6. The molecule has 1 spiro atoms. The lowest BCUT2D eigenvalue weighted by atomic mass is 9.83. The van der Waals surface area contributed by atoms with E-state index in [9.17, 15) is 0 Å². The van der Waals surface area contributed by atoms with E-state index in [0.29, 0.717) is 16.4 Å². The van der Waals surface area contributed by atoms with Gasteiger partial charge in [-0.1, -0.05) is 41.6 Å². The zero-order chi connectivity index (χ0) is 25.4. The maximum Gasteiger partial charge on any atom is 0.147 e. The van der Waals surface area contributed by atoms with Crippen LogP contribution in [0.4, 0.5) is 5.82 Å². The highest BCUT2D eigenvalue weighted by molar-refractivity contribution is 7.99. The number of halogens is 1. The molecule has 4 aromatic rings. The molecule has 0 radical (unpaired) electrons. The summed E-state index contributed by atoms with van der Waals surface area (Å²) in [5, 5.41) is 5.48. The number of piperidine rings is 1. The average molecular weight is 530 g/mol. The number of hydrogen-bond donors (Lipinski definition) is 1. The van der Waals surface area contributed by atoms with Crippen LogP contribution < -0.4 is 15.4 Å². The first-order valence-corrected chi connectivity index (χ1v) is 13.1. The van der Waals surface area contributed by atoms with E-state index in [1.807, 2.05) is 43.6 Å². The molecule has 0 aliphatic carbocycles. The molecule has 10 heteroatoms. The third kappa shape index (κ3) is 4.64. The lowest BCUT2D eigenvalue weighted by Gasteiger charge is -2.41. The van der Waals surface area contributed by atoms with E-state index in [0.717, 1.165) is 53.0 Å². The first kappa shape index (κ1) is 23.8. The maximum atomic E-state index is 6.60. The van der Waals surface area contributed by atoms with Crippen molar-refractivity contribution in [3.05, 3.63) is 83.2 Å². The quantitative estimate of drug-likeness (QED) is 0.394. The standard InChI is InChI=1S/C27H24ClN7OS/c1-34-13-9-18(33-34)6-7-20-25(28)22(8-12-30-20)37-24-17-31-23(16-32-24)35-14-10-27(11-15-35)26(29)19-4-2-3-5-21(19)36-27/h2-5,8-9,12-13,16-17,26H,10-11,14-15,29H2,1H3/t26-/m1/s1. The van der Waals surface area contributed by atoms with Gasteiger partial charge >= 0.3 is 0 Å². The number of aromatic nitrogens is 5. The third-order valence-electron chi connectivity index (χ3n) is 6.77. The number of ether oxygens (including phenoxy) is 1. The van der Waals surface area contributed by atoms with E-state index in [2.05, 4.69) is 42.9 Å². The van der Waals surface area contributed by atoms with Crippen LogP contribution in [0.2, 0.25) is 5.02 Å². The zero-order valence-electron chi connectivity index (χ0n) is 20.1. The minimum absolute atomic E-state index is 0.112. The van der Waals surface area contributed by atoms with Gasteiger partial charge in [-0.3, -0.25) is 4.68 Å². The van der Waals surface area contributed by atoms with Crippen molar-refractivity contribution in [3.63, 3.8) is 0 Å². The minimum Gasteiger partial charge on any atom is -0.485 e. The number of aryl methyl sites for hydroxylation is 1. The number of fused-ring (bicyclic) bond motifs is 1. The molecule has 8 nitrogen and oxygen atoms in total. The molecule has 1 fully saturated rings. The molecule has 0 bridgehead atoms. The first-order chi connectivity index (χ1) is 18.0. The Morgan fingerprint density at radius 1 is 1.08 bits per heavy atom. The van der Waals surface area contributed by atoms with Crippen molar-refractivity contribution in [2.24, 2.45) is 12.8 Å². The highest BCUT2D eigenvalue weighted by Crippen LogP contribution is 2.47. The molecule has 1 saturated heterocycles. The Bertz CT molecular complexity index is 1500. The maximum absolute atomic E-state index is 6.60. The summed E-state index contributed by atoms with van der Waals surface area (Å²) in [7, 11) is 1.85. The normalized spacial score (nSPS) is 17.7. The van der Waals surface area contributed by atoms with Crippen LogP contribution in [-0.2, 0) is 7.05 Å². The zero-order valence-corrected chi connectivity index (χ0v) is 21.7. The van der Waals surface area contributed by atoms with Crippen LogP contribution >= 0.6 is 23.4 Å². The Hall–Kier alpha value is -3.58. The molecule has 37 heavy (non-hydrogen) atoms. The smallest absolute Gasteiger partial charge is 0.147 e. The van der Waals surface area contributed by atoms with Gasteiger partial charge in [0, 0.05) is 55.8 Å². The Kier molecular flexibility index (Phi) is 6.24. The molecule has 186 valence electrons. The van der Waals surface area contributed by atoms with Gasteiger partial charge in [-0.25, -0.2) is 15.0 Å². The van der Waals surface area contributed by atoms with Crippen LogP contribution in [-0.4, -0.2) is 43.4 Å². The van der Waals surface area contributed by atoms with Crippen molar-refractivity contribution >= 4 is 29.2 Å². The molecule has 0 amide bonds. The summed E-state index contributed by atoms with van der Waals surface area (Å²) in [5.74, 6) is 7.75. The second-order valence-electron chi connectivity index (χ2n) is 9.08. The lowest BCUT2D eigenvalue weighted by molar-refractivity contribution is 0.0431. The molecule has 3 aromatic heterocycles. The fraction of sp³-hybridized carbons (Fsp3) is 0.259. The molecular formula is C27H24ClN7OS. The van der Waals surface area contributed by atoms with E-state index in [1.54, 1.807) is 23.3 Å². The number of benzene rings is 1. The SMILES string of the molecule is Cn1ccc(C#Cc2nccc(Sc3cnc(N4CCC5(CC4)Oc4ccccc4[C@H]5N)cn3)c2Cl)n1. The predicted molar refractivity (Wildman–Crippen MR) is 143 cm³/mol. The van der Waals surface area contributed by atoms with Crippen LogP contribution in [0, 0.1) is 11.8 Å². The van der Waals surface area contributed by atoms with Crippen LogP contribution in [0.25, 0.3) is 0 Å². The highest BCUT2D eigenvalue weighted by atomic mass is 35.5. The third-order valence-corrected chi connectivity index (χ3v) is 8.25. The van der Waals surface area contributed by atoms with Gasteiger partial charge in [-0.2, -0.15) is 5.10 Å². The van der Waals surface area contributed by atoms with Crippen LogP contribution in [0.3, 0.4) is 0 Å². The summed E-state index contributed by atoms with van der Waals surface area (Å²) in [6.07, 6.45) is 8.77. The number of rotatable bonds is 3. The van der Waals surface area contributed by atoms with Crippen molar-refractivity contribution in [2.45, 2.75) is 34.4 Å². The van der Waals surface area contributed by atoms with E-state index >= 15 is 0 Å². The number of para-hydroxylation sites is 1. The fourth-order valence-corrected chi connectivity index (χ4v) is 5.78. The van der Waals surface area contributed by atoms with Gasteiger partial charge in [0.15, 0.2) is 0 Å². The highest BCUT2D eigenvalue weighted by Gasteiger charge is 2.48. The molecule has 1 aromatic carbocycles. The van der Waals surface area contributed by atoms with Gasteiger partial charge in [0.2, 0.25) is 0 Å². The molecule has 0 saturated carbocycles. The summed E-state index contributed by atoms with van der Waals surface area (Å²) in [4.78, 5) is 16.7. The number of pyridine rings is 1. The van der Waals surface area contributed by atoms with Gasteiger partial charge in [0.05, 0.1) is 23.5 Å². The van der Waals surface area contributed by atoms with Gasteiger partial charge in [0.1, 0.15) is 33.6 Å². The molecule has 1 atom stereocenters. The molecule has 2 N–H and O–H groups in total. The molecule has 2 aliphatic heterocycles. The van der Waals surface area contributed by atoms with E-state index in [1.165, 1.54) is 11.8 Å². The summed E-state index contributed by atoms with van der Waals surface area (Å²) in [6, 6.07) is 11.6. The van der Waals surface area contributed by atoms with Crippen molar-refractivity contribution in [1.29, 1.82) is 0 Å². The Morgan fingerprint density at radius 2 is 1.92 bits per heavy atom. The van der Waals surface area contributed by atoms with Crippen molar-refractivity contribution < 1.29 is 4.74 Å². The molecule has 2 aliphatic rings. The second-order valence-corrected chi connectivity index (χ2v) is 10.5. The average Bonchev–Trinajstić information content (AvgIpc) is 3.46. The number of anilines is 1. The van der Waals surface area contributed by atoms with Crippen LogP contribution in [0.5, 0.6) is 5.75 Å². The fourth-order valence-electron chi connectivity index (χ4n) is 4.76. The van der Waals surface area contributed by atoms with E-state index < -0.39 is 0 Å². The topological polar surface area (TPSA) is 95.0 Å². The van der Waals surface area contributed by atoms with Gasteiger partial charge in [-0.05, 0) is 30.0 Å². The number of hydrogen-bond acceptors (Lipinski definition) is 8.